The Morgan fingerprint density at radius 2 is 2.05 bits per heavy atom. The summed E-state index contributed by atoms with van der Waals surface area (Å²) in [5.41, 5.74) is 6.92. The summed E-state index contributed by atoms with van der Waals surface area (Å²) >= 11 is 0. The highest BCUT2D eigenvalue weighted by molar-refractivity contribution is 5.91. The molecule has 0 spiro atoms. The number of nitrogens with two attached hydrogens (primary N) is 1. The first-order valence-electron chi connectivity index (χ1n) is 6.42. The molecule has 0 radical (unpaired) electrons. The fraction of sp³-hybridized carbons (Fsp3) is 0.429. The van der Waals surface area contributed by atoms with E-state index in [9.17, 15) is 9.59 Å². The first kappa shape index (κ1) is 15.8. The molecule has 0 fully saturated rings. The third kappa shape index (κ3) is 4.15. The molecular formula is C14H20N2O4. The SMILES string of the molecule is CCN(CC(=O)OC(C)C)c1ccc(C(=O)O)cc1N. The highest BCUT2D eigenvalue weighted by Crippen LogP contribution is 2.24. The maximum atomic E-state index is 11.7. The number of carboxylic acid groups (broad SMARTS) is 1. The molecule has 3 N–H and O–H groups in total. The van der Waals surface area contributed by atoms with E-state index < -0.39 is 5.97 Å². The predicted molar refractivity (Wildman–Crippen MR) is 76.9 cm³/mol. The summed E-state index contributed by atoms with van der Waals surface area (Å²) < 4.78 is 5.09. The van der Waals surface area contributed by atoms with Gasteiger partial charge < -0.3 is 20.5 Å². The van der Waals surface area contributed by atoms with Gasteiger partial charge in [0, 0.05) is 6.54 Å². The molecule has 1 aromatic rings. The number of carbonyl (C=O) groups is 2. The zero-order chi connectivity index (χ0) is 15.3. The molecule has 0 aliphatic heterocycles. The van der Waals surface area contributed by atoms with Crippen LogP contribution in [0.3, 0.4) is 0 Å². The van der Waals surface area contributed by atoms with Crippen LogP contribution in [0.5, 0.6) is 0 Å². The number of esters is 1. The number of likely N-dealkylation sites (N-methyl/N-ethyl adjacent to an activating group) is 1. The summed E-state index contributed by atoms with van der Waals surface area (Å²) in [6.07, 6.45) is -0.173. The van der Waals surface area contributed by atoms with Crippen molar-refractivity contribution in [3.63, 3.8) is 0 Å². The smallest absolute Gasteiger partial charge is 0.335 e. The fourth-order valence-corrected chi connectivity index (χ4v) is 1.80. The van der Waals surface area contributed by atoms with Gasteiger partial charge in [-0.3, -0.25) is 4.79 Å². The van der Waals surface area contributed by atoms with Gasteiger partial charge in [0.1, 0.15) is 6.54 Å². The van der Waals surface area contributed by atoms with Crippen molar-refractivity contribution in [3.8, 4) is 0 Å². The maximum Gasteiger partial charge on any atom is 0.335 e. The van der Waals surface area contributed by atoms with Gasteiger partial charge >= 0.3 is 11.9 Å². The van der Waals surface area contributed by atoms with E-state index in [2.05, 4.69) is 0 Å². The van der Waals surface area contributed by atoms with Gasteiger partial charge in [0.2, 0.25) is 0 Å². The van der Waals surface area contributed by atoms with Gasteiger partial charge in [-0.25, -0.2) is 4.79 Å². The molecule has 1 rings (SSSR count). The number of benzene rings is 1. The van der Waals surface area contributed by atoms with Gasteiger partial charge in [-0.15, -0.1) is 0 Å². The number of anilines is 2. The quantitative estimate of drug-likeness (QED) is 0.609. The second-order valence-electron chi connectivity index (χ2n) is 4.63. The standard InChI is InChI=1S/C14H20N2O4/c1-4-16(8-13(17)20-9(2)3)12-6-5-10(14(18)19)7-11(12)15/h5-7,9H,4,8,15H2,1-3H3,(H,18,19). The van der Waals surface area contributed by atoms with Crippen LogP contribution in [0.15, 0.2) is 18.2 Å². The second-order valence-corrected chi connectivity index (χ2v) is 4.63. The molecule has 0 atom stereocenters. The van der Waals surface area contributed by atoms with Crippen molar-refractivity contribution in [1.29, 1.82) is 0 Å². The molecule has 6 heteroatoms. The fourth-order valence-electron chi connectivity index (χ4n) is 1.80. The minimum absolute atomic E-state index is 0.0747. The number of hydrogen-bond acceptors (Lipinski definition) is 5. The highest BCUT2D eigenvalue weighted by Gasteiger charge is 2.15. The number of hydrogen-bond donors (Lipinski definition) is 2. The molecule has 1 aromatic carbocycles. The zero-order valence-electron chi connectivity index (χ0n) is 11.9. The Hall–Kier alpha value is -2.24. The summed E-state index contributed by atoms with van der Waals surface area (Å²) in [5, 5.41) is 8.90. The van der Waals surface area contributed by atoms with E-state index in [-0.39, 0.29) is 24.2 Å². The van der Waals surface area contributed by atoms with Gasteiger partial charge in [-0.05, 0) is 39.0 Å². The second kappa shape index (κ2) is 6.79. The van der Waals surface area contributed by atoms with Gasteiger partial charge in [0.05, 0.1) is 23.0 Å². The molecule has 0 saturated heterocycles. The van der Waals surface area contributed by atoms with E-state index in [1.807, 2.05) is 6.92 Å². The van der Waals surface area contributed by atoms with Crippen LogP contribution < -0.4 is 10.6 Å². The van der Waals surface area contributed by atoms with Gasteiger partial charge in [-0.1, -0.05) is 0 Å². The molecule has 0 aliphatic rings. The number of nitrogen functional groups attached to an aromatic ring is 1. The van der Waals surface area contributed by atoms with Crippen molar-refractivity contribution in [3.05, 3.63) is 23.8 Å². The Morgan fingerprint density at radius 1 is 1.40 bits per heavy atom. The maximum absolute atomic E-state index is 11.7. The lowest BCUT2D eigenvalue weighted by molar-refractivity contribution is -0.145. The number of aromatic carboxylic acids is 1. The lowest BCUT2D eigenvalue weighted by Gasteiger charge is -2.24. The Kier molecular flexibility index (Phi) is 5.37. The minimum Gasteiger partial charge on any atom is -0.478 e. The molecule has 0 unspecified atom stereocenters. The van der Waals surface area contributed by atoms with Gasteiger partial charge in [0.25, 0.3) is 0 Å². The van der Waals surface area contributed by atoms with Crippen LogP contribution in [0.1, 0.15) is 31.1 Å². The average molecular weight is 280 g/mol. The van der Waals surface area contributed by atoms with Gasteiger partial charge in [0.15, 0.2) is 0 Å². The van der Waals surface area contributed by atoms with Crippen LogP contribution in [0.2, 0.25) is 0 Å². The van der Waals surface area contributed by atoms with Crippen molar-refractivity contribution in [2.45, 2.75) is 26.9 Å². The van der Waals surface area contributed by atoms with Crippen LogP contribution in [-0.4, -0.2) is 36.2 Å². The normalized spacial score (nSPS) is 10.4. The molecular weight excluding hydrogens is 260 g/mol. The average Bonchev–Trinajstić information content (AvgIpc) is 2.35. The largest absolute Gasteiger partial charge is 0.478 e. The van der Waals surface area contributed by atoms with E-state index in [1.54, 1.807) is 24.8 Å². The number of ether oxygens (including phenoxy) is 1. The Bertz CT molecular complexity index is 500. The van der Waals surface area contributed by atoms with Crippen molar-refractivity contribution < 1.29 is 19.4 Å². The molecule has 0 bridgehead atoms. The lowest BCUT2D eigenvalue weighted by atomic mass is 10.1. The third-order valence-electron chi connectivity index (χ3n) is 2.68. The summed E-state index contributed by atoms with van der Waals surface area (Å²) in [7, 11) is 0. The van der Waals surface area contributed by atoms with Gasteiger partial charge in [-0.2, -0.15) is 0 Å². The lowest BCUT2D eigenvalue weighted by Crippen LogP contribution is -2.32. The molecule has 0 heterocycles. The molecule has 0 aromatic heterocycles. The topological polar surface area (TPSA) is 92.9 Å². The van der Waals surface area contributed by atoms with Crippen molar-refractivity contribution in [2.24, 2.45) is 0 Å². The summed E-state index contributed by atoms with van der Waals surface area (Å²) in [5.74, 6) is -1.38. The monoisotopic (exact) mass is 280 g/mol. The third-order valence-corrected chi connectivity index (χ3v) is 2.68. The first-order chi connectivity index (χ1) is 9.35. The zero-order valence-corrected chi connectivity index (χ0v) is 11.9. The summed E-state index contributed by atoms with van der Waals surface area (Å²) in [6.45, 7) is 6.08. The molecule has 110 valence electrons. The summed E-state index contributed by atoms with van der Waals surface area (Å²) in [6, 6.07) is 4.45. The summed E-state index contributed by atoms with van der Waals surface area (Å²) in [4.78, 5) is 24.3. The Balaban J connectivity index is 2.90. The Morgan fingerprint density at radius 3 is 2.50 bits per heavy atom. The van der Waals surface area contributed by atoms with Crippen LogP contribution in [0.25, 0.3) is 0 Å². The van der Waals surface area contributed by atoms with E-state index >= 15 is 0 Å². The number of carbonyl (C=O) groups excluding carboxylic acids is 1. The first-order valence-corrected chi connectivity index (χ1v) is 6.42. The predicted octanol–water partition coefficient (Wildman–Crippen LogP) is 1.74. The highest BCUT2D eigenvalue weighted by atomic mass is 16.5. The van der Waals surface area contributed by atoms with E-state index in [1.165, 1.54) is 12.1 Å². The van der Waals surface area contributed by atoms with Crippen molar-refractivity contribution >= 4 is 23.3 Å². The van der Waals surface area contributed by atoms with Crippen LogP contribution in [0.4, 0.5) is 11.4 Å². The van der Waals surface area contributed by atoms with Crippen LogP contribution >= 0.6 is 0 Å². The van der Waals surface area contributed by atoms with Crippen molar-refractivity contribution in [1.82, 2.24) is 0 Å². The number of rotatable bonds is 6. The van der Waals surface area contributed by atoms with E-state index in [0.29, 0.717) is 17.9 Å². The molecule has 6 nitrogen and oxygen atoms in total. The minimum atomic E-state index is -1.04. The molecule has 0 aliphatic carbocycles. The molecule has 20 heavy (non-hydrogen) atoms. The van der Waals surface area contributed by atoms with Crippen LogP contribution in [-0.2, 0) is 9.53 Å². The van der Waals surface area contributed by atoms with Crippen molar-refractivity contribution in [2.75, 3.05) is 23.7 Å². The van der Waals surface area contributed by atoms with E-state index in [0.717, 1.165) is 0 Å². The molecule has 0 saturated carbocycles. The number of nitrogens with zero attached hydrogens (tertiary/aromatic N) is 1. The molecule has 0 amide bonds. The Labute approximate surface area is 118 Å². The van der Waals surface area contributed by atoms with Crippen LogP contribution in [0, 0.1) is 0 Å². The number of carboxylic acids is 1. The van der Waals surface area contributed by atoms with E-state index in [4.69, 9.17) is 15.6 Å².